The van der Waals surface area contributed by atoms with Crippen LogP contribution in [0.5, 0.6) is 0 Å². The third-order valence-electron chi connectivity index (χ3n) is 3.84. The number of hydrogen-bond acceptors (Lipinski definition) is 6. The first-order valence-electron chi connectivity index (χ1n) is 7.44. The zero-order valence-electron chi connectivity index (χ0n) is 13.1. The lowest BCUT2D eigenvalue weighted by atomic mass is 10.0. The van der Waals surface area contributed by atoms with Gasteiger partial charge in [-0.05, 0) is 24.3 Å². The van der Waals surface area contributed by atoms with Gasteiger partial charge in [-0.2, -0.15) is 0 Å². The molecule has 0 unspecified atom stereocenters. The van der Waals surface area contributed by atoms with Crippen LogP contribution in [0.3, 0.4) is 0 Å². The van der Waals surface area contributed by atoms with E-state index in [4.69, 9.17) is 10.2 Å². The Balaban J connectivity index is 0.00000144. The van der Waals surface area contributed by atoms with E-state index in [1.165, 1.54) is 11.1 Å². The maximum absolute atomic E-state index is 12.1. The van der Waals surface area contributed by atoms with Crippen molar-refractivity contribution in [1.82, 2.24) is 15.2 Å². The number of rotatable bonds is 5. The van der Waals surface area contributed by atoms with Gasteiger partial charge in [0.2, 0.25) is 5.89 Å². The Hall–Kier alpha value is -1.12. The minimum atomic E-state index is -0.180. The normalized spacial score (nSPS) is 15.4. The summed E-state index contributed by atoms with van der Waals surface area (Å²) < 4.78 is 5.10. The molecule has 1 aliphatic rings. The molecule has 0 bridgehead atoms. The van der Waals surface area contributed by atoms with E-state index in [2.05, 4.69) is 32.7 Å². The maximum Gasteiger partial charge on any atom is 0.273 e. The molecule has 1 saturated heterocycles. The molecule has 3 N–H and O–H groups in total. The number of oxazole rings is 1. The van der Waals surface area contributed by atoms with Crippen molar-refractivity contribution in [3.8, 4) is 0 Å². The smallest absolute Gasteiger partial charge is 0.273 e. The van der Waals surface area contributed by atoms with E-state index in [0.717, 1.165) is 32.5 Å². The Morgan fingerprint density at radius 1 is 1.42 bits per heavy atom. The summed E-state index contributed by atoms with van der Waals surface area (Å²) in [6.45, 7) is 3.20. The van der Waals surface area contributed by atoms with Crippen LogP contribution in [-0.4, -0.2) is 34.9 Å². The molecule has 9 heteroatoms. The fourth-order valence-electron chi connectivity index (χ4n) is 2.63. The molecule has 134 valence electrons. The number of nitrogens with zero attached hydrogens (tertiary/aromatic N) is 2. The van der Waals surface area contributed by atoms with Gasteiger partial charge in [0.1, 0.15) is 6.26 Å². The number of thiophene rings is 1. The Morgan fingerprint density at radius 3 is 2.75 bits per heavy atom. The Morgan fingerprint density at radius 2 is 2.17 bits per heavy atom. The molecule has 0 saturated carbocycles. The van der Waals surface area contributed by atoms with Gasteiger partial charge >= 0.3 is 0 Å². The highest BCUT2D eigenvalue weighted by Crippen LogP contribution is 2.17. The second-order valence-electron chi connectivity index (χ2n) is 5.43. The van der Waals surface area contributed by atoms with E-state index in [1.54, 1.807) is 11.3 Å². The third kappa shape index (κ3) is 5.46. The van der Waals surface area contributed by atoms with E-state index < -0.39 is 0 Å². The number of piperidine rings is 1. The summed E-state index contributed by atoms with van der Waals surface area (Å²) in [5.41, 5.74) is 5.73. The molecule has 6 nitrogen and oxygen atoms in total. The zero-order chi connectivity index (χ0) is 15.4. The SMILES string of the molecule is Cl.Cl.NCc1nc(C(=O)NC2CCN(Cc3cccs3)CC2)co1. The third-order valence-corrected chi connectivity index (χ3v) is 4.70. The predicted octanol–water partition coefficient (Wildman–Crippen LogP) is 2.43. The quantitative estimate of drug-likeness (QED) is 0.815. The Kier molecular flexibility index (Phi) is 8.72. The van der Waals surface area contributed by atoms with Crippen LogP contribution in [-0.2, 0) is 13.1 Å². The topological polar surface area (TPSA) is 84.4 Å². The molecule has 0 spiro atoms. The average Bonchev–Trinajstić information content (AvgIpc) is 3.20. The van der Waals surface area contributed by atoms with E-state index >= 15 is 0 Å². The first kappa shape index (κ1) is 20.9. The minimum Gasteiger partial charge on any atom is -0.447 e. The number of carbonyl (C=O) groups excluding carboxylic acids is 1. The van der Waals surface area contributed by atoms with Crippen LogP contribution in [0.4, 0.5) is 0 Å². The van der Waals surface area contributed by atoms with Crippen molar-refractivity contribution in [2.45, 2.75) is 32.0 Å². The molecule has 1 fully saturated rings. The fourth-order valence-corrected chi connectivity index (χ4v) is 3.37. The molecule has 0 radical (unpaired) electrons. The van der Waals surface area contributed by atoms with Crippen molar-refractivity contribution in [2.75, 3.05) is 13.1 Å². The van der Waals surface area contributed by atoms with Gasteiger partial charge in [0.25, 0.3) is 5.91 Å². The molecule has 2 aromatic rings. The van der Waals surface area contributed by atoms with Crippen molar-refractivity contribution in [1.29, 1.82) is 0 Å². The number of hydrogen-bond donors (Lipinski definition) is 2. The largest absolute Gasteiger partial charge is 0.447 e. The minimum absolute atomic E-state index is 0. The van der Waals surface area contributed by atoms with Gasteiger partial charge in [-0.15, -0.1) is 36.2 Å². The summed E-state index contributed by atoms with van der Waals surface area (Å²) in [6.07, 6.45) is 3.28. The van der Waals surface area contributed by atoms with Crippen molar-refractivity contribution in [3.05, 3.63) is 40.2 Å². The van der Waals surface area contributed by atoms with Crippen molar-refractivity contribution in [2.24, 2.45) is 5.73 Å². The highest BCUT2D eigenvalue weighted by molar-refractivity contribution is 7.09. The molecule has 1 aliphatic heterocycles. The molecule has 3 heterocycles. The molecule has 1 amide bonds. The fraction of sp³-hybridized carbons (Fsp3) is 0.467. The summed E-state index contributed by atoms with van der Waals surface area (Å²) in [5, 5.41) is 5.13. The highest BCUT2D eigenvalue weighted by Gasteiger charge is 2.22. The molecular weight excluding hydrogens is 371 g/mol. The average molecular weight is 393 g/mol. The number of halogens is 2. The number of aromatic nitrogens is 1. The van der Waals surface area contributed by atoms with Crippen LogP contribution in [0.2, 0.25) is 0 Å². The van der Waals surface area contributed by atoms with Crippen LogP contribution < -0.4 is 11.1 Å². The highest BCUT2D eigenvalue weighted by atomic mass is 35.5. The number of likely N-dealkylation sites (tertiary alicyclic amines) is 1. The number of amides is 1. The van der Waals surface area contributed by atoms with Crippen LogP contribution in [0, 0.1) is 0 Å². The number of nitrogens with two attached hydrogens (primary N) is 1. The molecule has 2 aromatic heterocycles. The Bertz CT molecular complexity index is 613. The van der Waals surface area contributed by atoms with E-state index in [1.807, 2.05) is 0 Å². The lowest BCUT2D eigenvalue weighted by Crippen LogP contribution is -2.44. The van der Waals surface area contributed by atoms with Gasteiger partial charge in [0, 0.05) is 30.6 Å². The van der Waals surface area contributed by atoms with Gasteiger partial charge < -0.3 is 15.5 Å². The maximum atomic E-state index is 12.1. The van der Waals surface area contributed by atoms with Crippen molar-refractivity contribution >= 4 is 42.1 Å². The van der Waals surface area contributed by atoms with Crippen LogP contribution >= 0.6 is 36.2 Å². The molecule has 24 heavy (non-hydrogen) atoms. The lowest BCUT2D eigenvalue weighted by Gasteiger charge is -2.31. The predicted molar refractivity (Wildman–Crippen MR) is 99.0 cm³/mol. The van der Waals surface area contributed by atoms with Crippen molar-refractivity contribution < 1.29 is 9.21 Å². The first-order valence-corrected chi connectivity index (χ1v) is 8.32. The summed E-state index contributed by atoms with van der Waals surface area (Å²) >= 11 is 1.79. The Labute approximate surface area is 157 Å². The van der Waals surface area contributed by atoms with Crippen LogP contribution in [0.25, 0.3) is 0 Å². The standard InChI is InChI=1S/C15H20N4O2S.2ClH/c16-8-14-18-13(10-21-14)15(20)17-11-3-5-19(6-4-11)9-12-2-1-7-22-12;;/h1-2,7,10-11H,3-6,8-9,16H2,(H,17,20);2*1H. The second-order valence-corrected chi connectivity index (χ2v) is 6.47. The van der Waals surface area contributed by atoms with E-state index in [9.17, 15) is 4.79 Å². The van der Waals surface area contributed by atoms with Gasteiger partial charge in [-0.1, -0.05) is 6.07 Å². The molecule has 0 aliphatic carbocycles. The van der Waals surface area contributed by atoms with E-state index in [-0.39, 0.29) is 43.3 Å². The molecule has 3 rings (SSSR count). The van der Waals surface area contributed by atoms with E-state index in [0.29, 0.717) is 11.6 Å². The van der Waals surface area contributed by atoms with Crippen LogP contribution in [0.15, 0.2) is 28.2 Å². The lowest BCUT2D eigenvalue weighted by molar-refractivity contribution is 0.0904. The zero-order valence-corrected chi connectivity index (χ0v) is 15.6. The van der Waals surface area contributed by atoms with Gasteiger partial charge in [-0.25, -0.2) is 4.98 Å². The summed E-state index contributed by atoms with van der Waals surface area (Å²) in [6, 6.07) is 4.45. The first-order chi connectivity index (χ1) is 10.7. The van der Waals surface area contributed by atoms with Gasteiger partial charge in [-0.3, -0.25) is 9.69 Å². The molecule has 0 atom stereocenters. The summed E-state index contributed by atoms with van der Waals surface area (Å²) in [4.78, 5) is 20.0. The molecular formula is C15H22Cl2N4O2S. The summed E-state index contributed by atoms with van der Waals surface area (Å²) in [7, 11) is 0. The monoisotopic (exact) mass is 392 g/mol. The molecule has 0 aromatic carbocycles. The second kappa shape index (κ2) is 10.0. The van der Waals surface area contributed by atoms with Crippen molar-refractivity contribution in [3.63, 3.8) is 0 Å². The van der Waals surface area contributed by atoms with Crippen LogP contribution in [0.1, 0.15) is 34.1 Å². The van der Waals surface area contributed by atoms with Gasteiger partial charge in [0.15, 0.2) is 5.69 Å². The summed E-state index contributed by atoms with van der Waals surface area (Å²) in [5.74, 6) is 0.205. The number of nitrogens with one attached hydrogen (secondary N) is 1. The van der Waals surface area contributed by atoms with Gasteiger partial charge in [0.05, 0.1) is 6.54 Å². The number of carbonyl (C=O) groups is 1.